The second kappa shape index (κ2) is 7.04. The van der Waals surface area contributed by atoms with Crippen LogP contribution in [0.2, 0.25) is 5.02 Å². The lowest BCUT2D eigenvalue weighted by molar-refractivity contribution is -0.155. The van der Waals surface area contributed by atoms with Gasteiger partial charge in [0, 0.05) is 28.0 Å². The molecular formula is C21H21ClN2O8. The lowest BCUT2D eigenvalue weighted by Crippen LogP contribution is -2.66. The fourth-order valence-corrected chi connectivity index (χ4v) is 5.51. The lowest BCUT2D eigenvalue weighted by Gasteiger charge is -2.51. The van der Waals surface area contributed by atoms with E-state index in [0.717, 1.165) is 0 Å². The van der Waals surface area contributed by atoms with Crippen molar-refractivity contribution < 1.29 is 39.9 Å². The number of aliphatic hydroxyl groups is 4. The predicted molar refractivity (Wildman–Crippen MR) is 111 cm³/mol. The number of primary amides is 1. The number of hydrogen-bond donors (Lipinski definition) is 6. The van der Waals surface area contributed by atoms with Crippen molar-refractivity contribution in [2.45, 2.75) is 24.2 Å². The van der Waals surface area contributed by atoms with Gasteiger partial charge in [-0.3, -0.25) is 19.3 Å². The third-order valence-electron chi connectivity index (χ3n) is 6.64. The number of phenolic OH excluding ortho intramolecular Hbond substituents is 1. The zero-order chi connectivity index (χ0) is 23.9. The zero-order valence-electron chi connectivity index (χ0n) is 17.0. The van der Waals surface area contributed by atoms with Crippen molar-refractivity contribution in [1.82, 2.24) is 4.90 Å². The molecule has 0 unspecified atom stereocenters. The minimum atomic E-state index is -2.77. The lowest BCUT2D eigenvalue weighted by atomic mass is 9.57. The Hall–Kier alpha value is -2.92. The molecule has 10 nitrogen and oxygen atoms in total. The average molecular weight is 465 g/mol. The second-order valence-corrected chi connectivity index (χ2v) is 8.87. The highest BCUT2D eigenvalue weighted by Gasteiger charge is 2.65. The number of nitrogens with two attached hydrogens (primary N) is 1. The van der Waals surface area contributed by atoms with E-state index in [-0.39, 0.29) is 22.6 Å². The van der Waals surface area contributed by atoms with Crippen LogP contribution in [0.3, 0.4) is 0 Å². The summed E-state index contributed by atoms with van der Waals surface area (Å²) in [6.07, 6.45) is -1.70. The summed E-state index contributed by atoms with van der Waals surface area (Å²) in [7, 11) is 2.97. The Kier molecular flexibility index (Phi) is 4.90. The largest absolute Gasteiger partial charge is 0.508 e. The van der Waals surface area contributed by atoms with Gasteiger partial charge in [0.15, 0.2) is 11.4 Å². The number of amides is 1. The van der Waals surface area contributed by atoms with E-state index in [1.165, 1.54) is 31.1 Å². The standard InChI is InChI=1S/C21H21ClN2O8/c1-24(2)14-7-5-6-10(16(27)12-9(25)4-3-8(22)11(12)15(6)26)18(29)21(7,32)19(30)13(17(14)28)20(23)31/h3-4,6-7,14-15,25-27,30,32H,5H2,1-2H3,(H2,23,31)/t6-,7+,14-,15-,21-/m1/s1. The van der Waals surface area contributed by atoms with Crippen molar-refractivity contribution in [2.24, 2.45) is 17.6 Å². The van der Waals surface area contributed by atoms with Gasteiger partial charge in [-0.05, 0) is 32.6 Å². The molecule has 7 N–H and O–H groups in total. The smallest absolute Gasteiger partial charge is 0.255 e. The number of nitrogens with zero attached hydrogens (tertiary/aromatic N) is 1. The first-order valence-corrected chi connectivity index (χ1v) is 10.1. The van der Waals surface area contributed by atoms with Crippen LogP contribution in [0.15, 0.2) is 29.0 Å². The molecular weight excluding hydrogens is 444 g/mol. The summed E-state index contributed by atoms with van der Waals surface area (Å²) in [5, 5.41) is 54.4. The molecule has 3 aliphatic rings. The number of ketones is 2. The van der Waals surface area contributed by atoms with Crippen LogP contribution in [0.4, 0.5) is 0 Å². The Bertz CT molecular complexity index is 1160. The van der Waals surface area contributed by atoms with Crippen molar-refractivity contribution in [3.63, 3.8) is 0 Å². The number of hydrogen-bond acceptors (Lipinski definition) is 9. The zero-order valence-corrected chi connectivity index (χ0v) is 17.8. The van der Waals surface area contributed by atoms with Crippen LogP contribution >= 0.6 is 11.6 Å². The molecule has 0 saturated heterocycles. The molecule has 1 fully saturated rings. The highest BCUT2D eigenvalue weighted by atomic mass is 35.5. The SMILES string of the molecule is CN(C)[C@H]1C(=O)C(C(N)=O)=C(O)[C@]2(O)C(=O)C3=C(O)c4c(O)ccc(Cl)c4[C@H](O)[C@@H]3C[C@@H]12. The predicted octanol–water partition coefficient (Wildman–Crippen LogP) is 0.108. The van der Waals surface area contributed by atoms with E-state index in [9.17, 15) is 39.9 Å². The molecule has 0 aromatic heterocycles. The Balaban J connectivity index is 2.03. The van der Waals surface area contributed by atoms with Crippen LogP contribution < -0.4 is 5.73 Å². The molecule has 1 aromatic carbocycles. The van der Waals surface area contributed by atoms with Gasteiger partial charge < -0.3 is 31.3 Å². The quantitative estimate of drug-likeness (QED) is 0.331. The Morgan fingerprint density at radius 1 is 1.22 bits per heavy atom. The maximum absolute atomic E-state index is 13.6. The minimum Gasteiger partial charge on any atom is -0.508 e. The van der Waals surface area contributed by atoms with Crippen LogP contribution in [0, 0.1) is 11.8 Å². The number of aliphatic hydroxyl groups excluding tert-OH is 3. The van der Waals surface area contributed by atoms with Gasteiger partial charge in [-0.25, -0.2) is 0 Å². The molecule has 5 atom stereocenters. The molecule has 1 aromatic rings. The minimum absolute atomic E-state index is 0.00251. The van der Waals surface area contributed by atoms with Crippen LogP contribution in [-0.2, 0) is 14.4 Å². The number of Topliss-reactive ketones (excluding diaryl/α,β-unsaturated/α-hetero) is 2. The van der Waals surface area contributed by atoms with Crippen LogP contribution in [-0.4, -0.2) is 73.6 Å². The number of carbonyl (C=O) groups excluding carboxylic acids is 3. The van der Waals surface area contributed by atoms with Crippen LogP contribution in [0.5, 0.6) is 5.75 Å². The number of benzene rings is 1. The summed E-state index contributed by atoms with van der Waals surface area (Å²) in [5.41, 5.74) is 0.845. The number of phenols is 1. The first kappa shape index (κ1) is 22.3. The molecule has 11 heteroatoms. The van der Waals surface area contributed by atoms with Gasteiger partial charge >= 0.3 is 0 Å². The number of aromatic hydroxyl groups is 1. The molecule has 4 rings (SSSR count). The third-order valence-corrected chi connectivity index (χ3v) is 6.97. The fourth-order valence-electron chi connectivity index (χ4n) is 5.24. The molecule has 0 heterocycles. The van der Waals surface area contributed by atoms with Crippen molar-refractivity contribution >= 4 is 34.8 Å². The molecule has 0 bridgehead atoms. The summed E-state index contributed by atoms with van der Waals surface area (Å²) in [4.78, 5) is 39.8. The topological polar surface area (TPSA) is 182 Å². The summed E-state index contributed by atoms with van der Waals surface area (Å²) >= 11 is 6.19. The molecule has 32 heavy (non-hydrogen) atoms. The van der Waals surface area contributed by atoms with E-state index in [4.69, 9.17) is 17.3 Å². The van der Waals surface area contributed by atoms with E-state index < -0.39 is 75.5 Å². The Labute approximate surface area is 186 Å². The molecule has 170 valence electrons. The van der Waals surface area contributed by atoms with Gasteiger partial charge in [0.1, 0.15) is 22.8 Å². The number of rotatable bonds is 2. The second-order valence-electron chi connectivity index (χ2n) is 8.47. The monoisotopic (exact) mass is 464 g/mol. The van der Waals surface area contributed by atoms with E-state index >= 15 is 0 Å². The summed E-state index contributed by atoms with van der Waals surface area (Å²) in [5.74, 6) is -8.19. The molecule has 3 aliphatic carbocycles. The van der Waals surface area contributed by atoms with E-state index in [2.05, 4.69) is 0 Å². The molecule has 0 radical (unpaired) electrons. The first-order chi connectivity index (χ1) is 14.8. The normalized spacial score (nSPS) is 32.1. The van der Waals surface area contributed by atoms with E-state index in [0.29, 0.717) is 0 Å². The van der Waals surface area contributed by atoms with Gasteiger partial charge in [0.2, 0.25) is 5.78 Å². The maximum atomic E-state index is 13.6. The summed E-state index contributed by atoms with van der Waals surface area (Å²) in [6.45, 7) is 0. The van der Waals surface area contributed by atoms with Crippen LogP contribution in [0.1, 0.15) is 23.7 Å². The van der Waals surface area contributed by atoms with Crippen molar-refractivity contribution in [2.75, 3.05) is 14.1 Å². The van der Waals surface area contributed by atoms with Gasteiger partial charge in [0.25, 0.3) is 5.91 Å². The van der Waals surface area contributed by atoms with Crippen molar-refractivity contribution in [3.8, 4) is 5.75 Å². The van der Waals surface area contributed by atoms with E-state index in [1.54, 1.807) is 0 Å². The van der Waals surface area contributed by atoms with E-state index in [1.807, 2.05) is 0 Å². The maximum Gasteiger partial charge on any atom is 0.255 e. The number of carbonyl (C=O) groups is 3. The highest BCUT2D eigenvalue weighted by Crippen LogP contribution is 2.56. The van der Waals surface area contributed by atoms with Gasteiger partial charge in [-0.15, -0.1) is 0 Å². The van der Waals surface area contributed by atoms with Crippen molar-refractivity contribution in [1.29, 1.82) is 0 Å². The number of likely N-dealkylation sites (N-methyl/N-ethyl adjacent to an activating group) is 1. The Morgan fingerprint density at radius 2 is 1.84 bits per heavy atom. The third kappa shape index (κ3) is 2.61. The number of halogens is 1. The summed E-state index contributed by atoms with van der Waals surface area (Å²) in [6, 6.07) is 1.25. The van der Waals surface area contributed by atoms with Crippen LogP contribution in [0.25, 0.3) is 5.76 Å². The first-order valence-electron chi connectivity index (χ1n) is 9.69. The molecule has 1 amide bonds. The summed E-state index contributed by atoms with van der Waals surface area (Å²) < 4.78 is 0. The average Bonchev–Trinajstić information content (AvgIpc) is 2.69. The van der Waals surface area contributed by atoms with Gasteiger partial charge in [-0.1, -0.05) is 11.6 Å². The Morgan fingerprint density at radius 3 is 2.41 bits per heavy atom. The van der Waals surface area contributed by atoms with Gasteiger partial charge in [-0.2, -0.15) is 0 Å². The molecule has 0 spiro atoms. The number of fused-ring (bicyclic) bond motifs is 3. The molecule has 0 aliphatic heterocycles. The molecule has 1 saturated carbocycles. The van der Waals surface area contributed by atoms with Gasteiger partial charge in [0.05, 0.1) is 17.7 Å². The highest BCUT2D eigenvalue weighted by molar-refractivity contribution is 6.32. The fraction of sp³-hybridized carbons (Fsp3) is 0.381. The van der Waals surface area contributed by atoms with Crippen molar-refractivity contribution in [3.05, 3.63) is 45.2 Å².